The van der Waals surface area contributed by atoms with E-state index < -0.39 is 5.97 Å². The summed E-state index contributed by atoms with van der Waals surface area (Å²) >= 11 is 0. The first-order valence-corrected chi connectivity index (χ1v) is 6.37. The van der Waals surface area contributed by atoms with Gasteiger partial charge in [0, 0.05) is 18.5 Å². The van der Waals surface area contributed by atoms with Gasteiger partial charge in [0.25, 0.3) is 0 Å². The molecule has 0 saturated heterocycles. The average Bonchev–Trinajstić information content (AvgIpc) is 2.33. The van der Waals surface area contributed by atoms with E-state index in [1.54, 1.807) is 0 Å². The molecule has 1 rings (SSSR count). The van der Waals surface area contributed by atoms with Crippen LogP contribution in [0.1, 0.15) is 43.1 Å². The zero-order chi connectivity index (χ0) is 14.5. The molecular formula is C15H21NO3. The van der Waals surface area contributed by atoms with Crippen LogP contribution in [0, 0.1) is 0 Å². The number of benzene rings is 1. The molecule has 0 aliphatic heterocycles. The third kappa shape index (κ3) is 5.22. The van der Waals surface area contributed by atoms with E-state index in [4.69, 9.17) is 5.11 Å². The summed E-state index contributed by atoms with van der Waals surface area (Å²) in [6.07, 6.45) is 0.308. The fourth-order valence-electron chi connectivity index (χ4n) is 1.70. The van der Waals surface area contributed by atoms with Crippen molar-refractivity contribution < 1.29 is 14.7 Å². The van der Waals surface area contributed by atoms with E-state index >= 15 is 0 Å². The molecule has 2 N–H and O–H groups in total. The van der Waals surface area contributed by atoms with E-state index in [0.717, 1.165) is 0 Å². The molecular weight excluding hydrogens is 242 g/mol. The maximum atomic E-state index is 11.9. The van der Waals surface area contributed by atoms with Gasteiger partial charge in [-0.2, -0.15) is 0 Å². The summed E-state index contributed by atoms with van der Waals surface area (Å²) in [5, 5.41) is 11.2. The second-order valence-electron chi connectivity index (χ2n) is 5.57. The van der Waals surface area contributed by atoms with Crippen LogP contribution in [0.4, 0.5) is 0 Å². The lowest BCUT2D eigenvalue weighted by atomic mass is 9.86. The number of ketones is 1. The van der Waals surface area contributed by atoms with Gasteiger partial charge >= 0.3 is 5.97 Å². The molecule has 0 aliphatic carbocycles. The monoisotopic (exact) mass is 263 g/mol. The Bertz CT molecular complexity index is 443. The van der Waals surface area contributed by atoms with Crippen LogP contribution < -0.4 is 5.32 Å². The summed E-state index contributed by atoms with van der Waals surface area (Å²) in [4.78, 5) is 22.2. The van der Waals surface area contributed by atoms with Crippen LogP contribution >= 0.6 is 0 Å². The normalized spacial score (nSPS) is 11.3. The quantitative estimate of drug-likeness (QED) is 0.610. The van der Waals surface area contributed by atoms with Gasteiger partial charge in [-0.15, -0.1) is 0 Å². The maximum absolute atomic E-state index is 11.9. The lowest BCUT2D eigenvalue weighted by Gasteiger charge is -2.18. The predicted octanol–water partition coefficient (Wildman–Crippen LogP) is 2.23. The number of carbonyl (C=O) groups is 2. The van der Waals surface area contributed by atoms with Gasteiger partial charge in [0.1, 0.15) is 0 Å². The zero-order valence-electron chi connectivity index (χ0n) is 11.7. The molecule has 0 amide bonds. The molecule has 0 radical (unpaired) electrons. The number of carboxylic acids is 1. The van der Waals surface area contributed by atoms with Gasteiger partial charge < -0.3 is 10.4 Å². The number of aliphatic carboxylic acids is 1. The number of hydrogen-bond donors (Lipinski definition) is 2. The Labute approximate surface area is 113 Å². The molecule has 104 valence electrons. The number of carboxylic acid groups (broad SMARTS) is 1. The SMILES string of the molecule is CC(C)(C)c1ccc(C(=O)CCNCC(=O)O)cc1. The molecule has 0 spiro atoms. The maximum Gasteiger partial charge on any atom is 0.317 e. The van der Waals surface area contributed by atoms with Crippen molar-refractivity contribution in [1.29, 1.82) is 0 Å². The average molecular weight is 263 g/mol. The molecule has 0 heterocycles. The summed E-state index contributed by atoms with van der Waals surface area (Å²) in [5.41, 5.74) is 1.93. The van der Waals surface area contributed by atoms with E-state index in [9.17, 15) is 9.59 Å². The van der Waals surface area contributed by atoms with Gasteiger partial charge in [0.2, 0.25) is 0 Å². The molecule has 19 heavy (non-hydrogen) atoms. The fourth-order valence-corrected chi connectivity index (χ4v) is 1.70. The summed E-state index contributed by atoms with van der Waals surface area (Å²) in [6.45, 7) is 6.64. The van der Waals surface area contributed by atoms with Crippen molar-refractivity contribution in [3.63, 3.8) is 0 Å². The largest absolute Gasteiger partial charge is 0.480 e. The van der Waals surface area contributed by atoms with Crippen LogP contribution in [0.15, 0.2) is 24.3 Å². The number of nitrogens with one attached hydrogen (secondary N) is 1. The van der Waals surface area contributed by atoms with Crippen LogP contribution in [-0.4, -0.2) is 29.9 Å². The first-order chi connectivity index (χ1) is 8.80. The van der Waals surface area contributed by atoms with Crippen molar-refractivity contribution in [3.05, 3.63) is 35.4 Å². The molecule has 0 fully saturated rings. The van der Waals surface area contributed by atoms with Crippen LogP contribution in [0.5, 0.6) is 0 Å². The molecule has 1 aromatic rings. The smallest absolute Gasteiger partial charge is 0.317 e. The standard InChI is InChI=1S/C15H21NO3/c1-15(2,3)12-6-4-11(5-7-12)13(17)8-9-16-10-14(18)19/h4-7,16H,8-10H2,1-3H3,(H,18,19). The number of carbonyl (C=O) groups excluding carboxylic acids is 1. The summed E-state index contributed by atoms with van der Waals surface area (Å²) < 4.78 is 0. The van der Waals surface area contributed by atoms with E-state index in [2.05, 4.69) is 26.1 Å². The van der Waals surface area contributed by atoms with Crippen LogP contribution in [0.25, 0.3) is 0 Å². The summed E-state index contributed by atoms with van der Waals surface area (Å²) in [5.74, 6) is -0.889. The third-order valence-corrected chi connectivity index (χ3v) is 2.88. The second kappa shape index (κ2) is 6.48. The third-order valence-electron chi connectivity index (χ3n) is 2.88. The highest BCUT2D eigenvalue weighted by molar-refractivity contribution is 5.96. The molecule has 0 bridgehead atoms. The van der Waals surface area contributed by atoms with Gasteiger partial charge in [-0.25, -0.2) is 0 Å². The summed E-state index contributed by atoms with van der Waals surface area (Å²) in [6, 6.07) is 7.61. The highest BCUT2D eigenvalue weighted by Gasteiger charge is 2.14. The van der Waals surface area contributed by atoms with E-state index in [1.807, 2.05) is 24.3 Å². The van der Waals surface area contributed by atoms with Gasteiger partial charge in [-0.3, -0.25) is 9.59 Å². The van der Waals surface area contributed by atoms with E-state index in [0.29, 0.717) is 18.5 Å². The fraction of sp³-hybridized carbons (Fsp3) is 0.467. The Morgan fingerprint density at radius 1 is 1.16 bits per heavy atom. The Morgan fingerprint density at radius 2 is 1.74 bits per heavy atom. The first-order valence-electron chi connectivity index (χ1n) is 6.37. The zero-order valence-corrected chi connectivity index (χ0v) is 11.7. The van der Waals surface area contributed by atoms with E-state index in [1.165, 1.54) is 5.56 Å². The van der Waals surface area contributed by atoms with Gasteiger partial charge in [0.15, 0.2) is 5.78 Å². The minimum Gasteiger partial charge on any atom is -0.480 e. The molecule has 0 saturated carbocycles. The van der Waals surface area contributed by atoms with Gasteiger partial charge in [-0.05, 0) is 11.0 Å². The van der Waals surface area contributed by atoms with Gasteiger partial charge in [-0.1, -0.05) is 45.0 Å². The van der Waals surface area contributed by atoms with Crippen molar-refractivity contribution >= 4 is 11.8 Å². The second-order valence-corrected chi connectivity index (χ2v) is 5.57. The van der Waals surface area contributed by atoms with Crippen LogP contribution in [0.2, 0.25) is 0 Å². The highest BCUT2D eigenvalue weighted by Crippen LogP contribution is 2.22. The number of hydrogen-bond acceptors (Lipinski definition) is 3. The molecule has 4 nitrogen and oxygen atoms in total. The number of Topliss-reactive ketones (excluding diaryl/α,β-unsaturated/α-hetero) is 1. The van der Waals surface area contributed by atoms with Crippen molar-refractivity contribution in [2.45, 2.75) is 32.6 Å². The Hall–Kier alpha value is -1.68. The van der Waals surface area contributed by atoms with Crippen molar-refractivity contribution in [2.24, 2.45) is 0 Å². The van der Waals surface area contributed by atoms with Crippen LogP contribution in [0.3, 0.4) is 0 Å². The lowest BCUT2D eigenvalue weighted by molar-refractivity contribution is -0.135. The Balaban J connectivity index is 2.52. The molecule has 0 aliphatic rings. The van der Waals surface area contributed by atoms with Crippen molar-refractivity contribution in [2.75, 3.05) is 13.1 Å². The number of rotatable bonds is 6. The minimum absolute atomic E-state index is 0.0262. The van der Waals surface area contributed by atoms with E-state index in [-0.39, 0.29) is 17.7 Å². The predicted molar refractivity (Wildman–Crippen MR) is 74.6 cm³/mol. The topological polar surface area (TPSA) is 66.4 Å². The molecule has 1 aromatic carbocycles. The van der Waals surface area contributed by atoms with Gasteiger partial charge in [0.05, 0.1) is 6.54 Å². The minimum atomic E-state index is -0.915. The Kier molecular flexibility index (Phi) is 5.24. The van der Waals surface area contributed by atoms with Crippen molar-refractivity contribution in [1.82, 2.24) is 5.32 Å². The molecule has 0 aromatic heterocycles. The molecule has 4 heteroatoms. The molecule has 0 unspecified atom stereocenters. The highest BCUT2D eigenvalue weighted by atomic mass is 16.4. The molecule has 0 atom stereocenters. The van der Waals surface area contributed by atoms with Crippen LogP contribution in [-0.2, 0) is 10.2 Å². The van der Waals surface area contributed by atoms with Crippen molar-refractivity contribution in [3.8, 4) is 0 Å². The Morgan fingerprint density at radius 3 is 2.21 bits per heavy atom. The summed E-state index contributed by atoms with van der Waals surface area (Å²) in [7, 11) is 0. The lowest BCUT2D eigenvalue weighted by Crippen LogP contribution is -2.25. The first kappa shape index (κ1) is 15.4.